The number of hydrogen-bond acceptors (Lipinski definition) is 5. The number of ether oxygens (including phenoxy) is 1. The van der Waals surface area contributed by atoms with Crippen LogP contribution in [0.15, 0.2) is 35.7 Å². The van der Waals surface area contributed by atoms with E-state index in [-0.39, 0.29) is 25.4 Å². The average Bonchev–Trinajstić information content (AvgIpc) is 3.17. The van der Waals surface area contributed by atoms with E-state index in [4.69, 9.17) is 9.84 Å². The van der Waals surface area contributed by atoms with Gasteiger partial charge in [-0.25, -0.2) is 4.98 Å². The number of amides is 1. The zero-order valence-electron chi connectivity index (χ0n) is 13.0. The van der Waals surface area contributed by atoms with Gasteiger partial charge in [-0.3, -0.25) is 9.59 Å². The van der Waals surface area contributed by atoms with Gasteiger partial charge in [-0.05, 0) is 6.42 Å². The van der Waals surface area contributed by atoms with Crippen LogP contribution in [0, 0.1) is 0 Å². The van der Waals surface area contributed by atoms with Gasteiger partial charge in [0.05, 0.1) is 30.7 Å². The summed E-state index contributed by atoms with van der Waals surface area (Å²) in [4.78, 5) is 27.8. The first-order valence-corrected chi connectivity index (χ1v) is 8.55. The number of thiazole rings is 1. The van der Waals surface area contributed by atoms with Gasteiger partial charge in [0.2, 0.25) is 5.91 Å². The second kappa shape index (κ2) is 7.11. The summed E-state index contributed by atoms with van der Waals surface area (Å²) in [5, 5.41) is 14.6. The Labute approximate surface area is 143 Å². The highest BCUT2D eigenvalue weighted by Gasteiger charge is 2.38. The fourth-order valence-corrected chi connectivity index (χ4v) is 3.61. The minimum absolute atomic E-state index is 0.130. The van der Waals surface area contributed by atoms with Crippen molar-refractivity contribution in [2.45, 2.75) is 24.8 Å². The Morgan fingerprint density at radius 3 is 2.79 bits per heavy atom. The lowest BCUT2D eigenvalue weighted by Crippen LogP contribution is -2.51. The summed E-state index contributed by atoms with van der Waals surface area (Å²) in [6.07, 6.45) is 0.507. The summed E-state index contributed by atoms with van der Waals surface area (Å²) in [5.41, 5.74) is 0.891. The molecule has 24 heavy (non-hydrogen) atoms. The highest BCUT2D eigenvalue weighted by molar-refractivity contribution is 7.13. The Morgan fingerprint density at radius 2 is 2.12 bits per heavy atom. The van der Waals surface area contributed by atoms with Crippen LogP contribution in [0.4, 0.5) is 0 Å². The van der Waals surface area contributed by atoms with E-state index in [2.05, 4.69) is 10.3 Å². The van der Waals surface area contributed by atoms with Crippen molar-refractivity contribution < 1.29 is 19.4 Å². The lowest BCUT2D eigenvalue weighted by atomic mass is 9.94. The largest absolute Gasteiger partial charge is 0.481 e. The van der Waals surface area contributed by atoms with E-state index < -0.39 is 11.5 Å². The minimum atomic E-state index is -0.944. The van der Waals surface area contributed by atoms with E-state index in [9.17, 15) is 9.59 Å². The Kier molecular flexibility index (Phi) is 4.92. The second-order valence-corrected chi connectivity index (χ2v) is 6.75. The monoisotopic (exact) mass is 346 g/mol. The van der Waals surface area contributed by atoms with Crippen molar-refractivity contribution in [3.63, 3.8) is 0 Å². The maximum atomic E-state index is 12.3. The molecule has 1 aromatic heterocycles. The number of hydrogen-bond donors (Lipinski definition) is 2. The van der Waals surface area contributed by atoms with Gasteiger partial charge in [0.1, 0.15) is 5.01 Å². The molecule has 1 aromatic carbocycles. The van der Waals surface area contributed by atoms with E-state index in [1.807, 2.05) is 35.7 Å². The van der Waals surface area contributed by atoms with Gasteiger partial charge in [0, 0.05) is 17.6 Å². The van der Waals surface area contributed by atoms with Crippen LogP contribution >= 0.6 is 11.3 Å². The molecule has 3 rings (SSSR count). The Hall–Kier alpha value is -2.25. The van der Waals surface area contributed by atoms with Crippen LogP contribution in [0.25, 0.3) is 10.6 Å². The first-order chi connectivity index (χ1) is 11.6. The molecule has 1 unspecified atom stereocenters. The van der Waals surface area contributed by atoms with E-state index in [0.717, 1.165) is 10.6 Å². The van der Waals surface area contributed by atoms with Crippen molar-refractivity contribution in [1.29, 1.82) is 0 Å². The lowest BCUT2D eigenvalue weighted by Gasteiger charge is -2.26. The summed E-state index contributed by atoms with van der Waals surface area (Å²) in [6.45, 7) is 0.694. The molecule has 1 amide bonds. The van der Waals surface area contributed by atoms with Gasteiger partial charge in [-0.2, -0.15) is 0 Å². The minimum Gasteiger partial charge on any atom is -0.481 e. The molecule has 2 aromatic rings. The van der Waals surface area contributed by atoms with Crippen LogP contribution in [0.1, 0.15) is 18.5 Å². The molecule has 0 saturated carbocycles. The normalized spacial score (nSPS) is 20.0. The second-order valence-electron chi connectivity index (χ2n) is 5.89. The zero-order chi connectivity index (χ0) is 17.0. The molecule has 126 valence electrons. The van der Waals surface area contributed by atoms with Crippen molar-refractivity contribution in [3.05, 3.63) is 41.4 Å². The summed E-state index contributed by atoms with van der Waals surface area (Å²) >= 11 is 1.49. The standard InChI is InChI=1S/C17H18N2O4S/c20-14(19-17(9-15(21)22)6-7-23-11-17)8-13-10-24-16(18-13)12-4-2-1-3-5-12/h1-5,10H,6-9,11H2,(H,19,20)(H,21,22). The average molecular weight is 346 g/mol. The Balaban J connectivity index is 1.64. The summed E-state index contributed by atoms with van der Waals surface area (Å²) < 4.78 is 5.28. The highest BCUT2D eigenvalue weighted by Crippen LogP contribution is 2.25. The fourth-order valence-electron chi connectivity index (χ4n) is 2.78. The molecule has 7 heteroatoms. The summed E-state index contributed by atoms with van der Waals surface area (Å²) in [5.74, 6) is -1.17. The van der Waals surface area contributed by atoms with Gasteiger partial charge in [-0.15, -0.1) is 11.3 Å². The molecule has 0 bridgehead atoms. The number of carboxylic acid groups (broad SMARTS) is 1. The molecule has 1 saturated heterocycles. The van der Waals surface area contributed by atoms with Crippen molar-refractivity contribution in [2.75, 3.05) is 13.2 Å². The van der Waals surface area contributed by atoms with Crippen molar-refractivity contribution in [3.8, 4) is 10.6 Å². The van der Waals surface area contributed by atoms with E-state index in [1.165, 1.54) is 11.3 Å². The number of aliphatic carboxylic acids is 1. The number of carboxylic acids is 1. The van der Waals surface area contributed by atoms with Gasteiger partial charge in [0.15, 0.2) is 0 Å². The van der Waals surface area contributed by atoms with Gasteiger partial charge < -0.3 is 15.2 Å². The number of rotatable bonds is 6. The number of carbonyl (C=O) groups excluding carboxylic acids is 1. The molecule has 6 nitrogen and oxygen atoms in total. The first kappa shape index (κ1) is 16.6. The molecule has 2 N–H and O–H groups in total. The molecular formula is C17H18N2O4S. The van der Waals surface area contributed by atoms with Crippen LogP contribution in [-0.2, 0) is 20.7 Å². The van der Waals surface area contributed by atoms with E-state index in [0.29, 0.717) is 18.7 Å². The van der Waals surface area contributed by atoms with Gasteiger partial charge in [0.25, 0.3) is 0 Å². The van der Waals surface area contributed by atoms with Crippen LogP contribution in [0.2, 0.25) is 0 Å². The Morgan fingerprint density at radius 1 is 1.33 bits per heavy atom. The van der Waals surface area contributed by atoms with Crippen LogP contribution in [-0.4, -0.2) is 40.7 Å². The SMILES string of the molecule is O=C(O)CC1(NC(=O)Cc2csc(-c3ccccc3)n2)CCOC1. The third-order valence-electron chi connectivity index (χ3n) is 3.91. The third kappa shape index (κ3) is 3.98. The smallest absolute Gasteiger partial charge is 0.305 e. The number of benzene rings is 1. The molecule has 0 radical (unpaired) electrons. The highest BCUT2D eigenvalue weighted by atomic mass is 32.1. The fraction of sp³-hybridized carbons (Fsp3) is 0.353. The molecule has 2 heterocycles. The predicted molar refractivity (Wildman–Crippen MR) is 89.8 cm³/mol. The molecule has 1 atom stereocenters. The summed E-state index contributed by atoms with van der Waals surface area (Å²) in [7, 11) is 0. The molecule has 1 aliphatic rings. The molecule has 0 aliphatic carbocycles. The van der Waals surface area contributed by atoms with Crippen LogP contribution < -0.4 is 5.32 Å². The molecular weight excluding hydrogens is 328 g/mol. The number of nitrogens with one attached hydrogen (secondary N) is 1. The number of carbonyl (C=O) groups is 2. The first-order valence-electron chi connectivity index (χ1n) is 7.67. The topological polar surface area (TPSA) is 88.5 Å². The number of nitrogens with zero attached hydrogens (tertiary/aromatic N) is 1. The summed E-state index contributed by atoms with van der Waals surface area (Å²) in [6, 6.07) is 9.77. The lowest BCUT2D eigenvalue weighted by molar-refractivity contribution is -0.139. The zero-order valence-corrected chi connectivity index (χ0v) is 13.8. The maximum Gasteiger partial charge on any atom is 0.305 e. The third-order valence-corrected chi connectivity index (χ3v) is 4.85. The van der Waals surface area contributed by atoms with E-state index >= 15 is 0 Å². The molecule has 1 fully saturated rings. The van der Waals surface area contributed by atoms with Gasteiger partial charge in [-0.1, -0.05) is 30.3 Å². The number of aromatic nitrogens is 1. The van der Waals surface area contributed by atoms with Gasteiger partial charge >= 0.3 is 5.97 Å². The van der Waals surface area contributed by atoms with E-state index in [1.54, 1.807) is 0 Å². The molecule has 1 aliphatic heterocycles. The molecule has 0 spiro atoms. The van der Waals surface area contributed by atoms with Crippen LogP contribution in [0.3, 0.4) is 0 Å². The van der Waals surface area contributed by atoms with Crippen molar-refractivity contribution in [2.24, 2.45) is 0 Å². The van der Waals surface area contributed by atoms with Crippen LogP contribution in [0.5, 0.6) is 0 Å². The Bertz CT molecular complexity index is 723. The predicted octanol–water partition coefficient (Wildman–Crippen LogP) is 2.10. The quantitative estimate of drug-likeness (QED) is 0.836. The van der Waals surface area contributed by atoms with Crippen molar-refractivity contribution >= 4 is 23.2 Å². The van der Waals surface area contributed by atoms with Crippen molar-refractivity contribution in [1.82, 2.24) is 10.3 Å². The maximum absolute atomic E-state index is 12.3.